The molecule has 3 nitrogen and oxygen atoms in total. The Kier molecular flexibility index (Phi) is 13.6. The second-order valence-electron chi connectivity index (χ2n) is 11.9. The van der Waals surface area contributed by atoms with E-state index in [9.17, 15) is 10.1 Å². The number of benzene rings is 2. The van der Waals surface area contributed by atoms with E-state index in [1.165, 1.54) is 89.0 Å². The van der Waals surface area contributed by atoms with E-state index in [1.54, 1.807) is 6.07 Å². The van der Waals surface area contributed by atoms with Crippen LogP contribution in [-0.2, 0) is 0 Å². The molecule has 0 spiro atoms. The molecule has 1 aliphatic carbocycles. The fraction of sp³-hybridized carbons (Fsp3) is 0.611. The Balaban J connectivity index is 1.43. The van der Waals surface area contributed by atoms with Gasteiger partial charge >= 0.3 is 5.97 Å². The number of carbonyl (C=O) groups is 1. The number of hydrogen-bond acceptors (Lipinski definition) is 3. The molecule has 0 saturated heterocycles. The maximum absolute atomic E-state index is 12.9. The molecule has 0 amide bonds. The van der Waals surface area contributed by atoms with Crippen LogP contribution in [0, 0.1) is 17.2 Å². The van der Waals surface area contributed by atoms with Crippen molar-refractivity contribution in [3.63, 3.8) is 0 Å². The van der Waals surface area contributed by atoms with Crippen molar-refractivity contribution in [3.8, 4) is 11.8 Å². The third-order valence-corrected chi connectivity index (χ3v) is 8.82. The van der Waals surface area contributed by atoms with Gasteiger partial charge in [0, 0.05) is 0 Å². The monoisotopic (exact) mass is 529 g/mol. The maximum atomic E-state index is 12.9. The zero-order valence-corrected chi connectivity index (χ0v) is 24.9. The molecule has 2 aromatic carbocycles. The summed E-state index contributed by atoms with van der Waals surface area (Å²) < 4.78 is 5.66. The smallest absolute Gasteiger partial charge is 0.343 e. The highest BCUT2D eigenvalue weighted by Crippen LogP contribution is 2.38. The minimum absolute atomic E-state index is 0.341. The van der Waals surface area contributed by atoms with Gasteiger partial charge in [-0.3, -0.25) is 0 Å². The van der Waals surface area contributed by atoms with E-state index in [0.717, 1.165) is 30.7 Å². The van der Waals surface area contributed by atoms with Gasteiger partial charge < -0.3 is 4.74 Å². The highest BCUT2D eigenvalue weighted by molar-refractivity contribution is 5.91. The zero-order chi connectivity index (χ0) is 27.9. The molecule has 39 heavy (non-hydrogen) atoms. The van der Waals surface area contributed by atoms with E-state index in [-0.39, 0.29) is 0 Å². The van der Waals surface area contributed by atoms with Gasteiger partial charge in [-0.15, -0.1) is 0 Å². The normalized spacial score (nSPS) is 17.9. The summed E-state index contributed by atoms with van der Waals surface area (Å²) in [6, 6.07) is 15.8. The Bertz CT molecular complexity index is 1030. The molecule has 0 radical (unpaired) electrons. The van der Waals surface area contributed by atoms with Crippen molar-refractivity contribution in [1.82, 2.24) is 0 Å². The summed E-state index contributed by atoms with van der Waals surface area (Å²) in [6.45, 7) is 6.65. The first-order valence-corrected chi connectivity index (χ1v) is 15.9. The minimum Gasteiger partial charge on any atom is -0.422 e. The molecule has 1 fully saturated rings. The fourth-order valence-electron chi connectivity index (χ4n) is 6.11. The lowest BCUT2D eigenvalue weighted by atomic mass is 9.77. The third-order valence-electron chi connectivity index (χ3n) is 8.82. The molecule has 0 bridgehead atoms. The molecule has 0 heterocycles. The van der Waals surface area contributed by atoms with Gasteiger partial charge in [-0.2, -0.15) is 5.26 Å². The van der Waals surface area contributed by atoms with Crippen molar-refractivity contribution in [2.45, 2.75) is 135 Å². The number of hydrogen-bond donors (Lipinski definition) is 0. The minimum atomic E-state index is -0.404. The van der Waals surface area contributed by atoms with E-state index >= 15 is 0 Å². The second-order valence-corrected chi connectivity index (χ2v) is 11.9. The predicted molar refractivity (Wildman–Crippen MR) is 162 cm³/mol. The highest BCUT2D eigenvalue weighted by atomic mass is 16.5. The molecule has 1 unspecified atom stereocenters. The number of esters is 1. The van der Waals surface area contributed by atoms with Gasteiger partial charge in [0.1, 0.15) is 11.8 Å². The first kappa shape index (κ1) is 30.9. The van der Waals surface area contributed by atoms with Crippen LogP contribution in [0.3, 0.4) is 0 Å². The van der Waals surface area contributed by atoms with Crippen LogP contribution < -0.4 is 4.74 Å². The van der Waals surface area contributed by atoms with E-state index in [0.29, 0.717) is 28.7 Å². The molecule has 3 rings (SSSR count). The van der Waals surface area contributed by atoms with Crippen LogP contribution in [0.15, 0.2) is 42.5 Å². The summed E-state index contributed by atoms with van der Waals surface area (Å²) in [7, 11) is 0. The van der Waals surface area contributed by atoms with Crippen LogP contribution in [0.2, 0.25) is 0 Å². The quantitative estimate of drug-likeness (QED) is 0.123. The average Bonchev–Trinajstić information content (AvgIpc) is 2.97. The van der Waals surface area contributed by atoms with Crippen molar-refractivity contribution in [2.24, 2.45) is 5.92 Å². The molecular formula is C36H51NO2. The topological polar surface area (TPSA) is 50.1 Å². The Hall–Kier alpha value is -2.60. The predicted octanol–water partition coefficient (Wildman–Crippen LogP) is 10.9. The largest absolute Gasteiger partial charge is 0.422 e. The summed E-state index contributed by atoms with van der Waals surface area (Å²) in [5.74, 6) is 1.81. The molecule has 0 aromatic heterocycles. The van der Waals surface area contributed by atoms with Crippen molar-refractivity contribution in [3.05, 3.63) is 64.7 Å². The van der Waals surface area contributed by atoms with Gasteiger partial charge in [-0.1, -0.05) is 110 Å². The van der Waals surface area contributed by atoms with Crippen LogP contribution in [0.25, 0.3) is 0 Å². The van der Waals surface area contributed by atoms with Crippen molar-refractivity contribution >= 4 is 5.97 Å². The Morgan fingerprint density at radius 1 is 0.872 bits per heavy atom. The van der Waals surface area contributed by atoms with Crippen LogP contribution in [0.5, 0.6) is 5.75 Å². The molecule has 1 aliphatic rings. The lowest BCUT2D eigenvalue weighted by molar-refractivity contribution is 0.0734. The van der Waals surface area contributed by atoms with Crippen LogP contribution in [-0.4, -0.2) is 5.97 Å². The van der Waals surface area contributed by atoms with Gasteiger partial charge in [0.2, 0.25) is 0 Å². The van der Waals surface area contributed by atoms with E-state index < -0.39 is 5.97 Å². The summed E-state index contributed by atoms with van der Waals surface area (Å²) >= 11 is 0. The molecule has 212 valence electrons. The van der Waals surface area contributed by atoms with Crippen molar-refractivity contribution in [2.75, 3.05) is 0 Å². The maximum Gasteiger partial charge on any atom is 0.343 e. The van der Waals surface area contributed by atoms with Crippen LogP contribution >= 0.6 is 0 Å². The van der Waals surface area contributed by atoms with E-state index in [2.05, 4.69) is 39.0 Å². The fourth-order valence-corrected chi connectivity index (χ4v) is 6.11. The van der Waals surface area contributed by atoms with Gasteiger partial charge in [0.05, 0.1) is 11.1 Å². The summed E-state index contributed by atoms with van der Waals surface area (Å²) in [5.41, 5.74) is 3.41. The number of nitrogens with zero attached hydrogens (tertiary/aromatic N) is 1. The zero-order valence-electron chi connectivity index (χ0n) is 24.9. The molecule has 1 saturated carbocycles. The lowest BCUT2D eigenvalue weighted by Crippen LogP contribution is -2.14. The molecule has 0 N–H and O–H groups in total. The summed E-state index contributed by atoms with van der Waals surface area (Å²) in [6.07, 6.45) is 21.2. The van der Waals surface area contributed by atoms with E-state index in [1.807, 2.05) is 24.3 Å². The van der Waals surface area contributed by atoms with Crippen LogP contribution in [0.1, 0.15) is 162 Å². The first-order valence-electron chi connectivity index (χ1n) is 15.9. The number of unbranched alkanes of at least 4 members (excludes halogenated alkanes) is 8. The third kappa shape index (κ3) is 10.1. The molecule has 0 aliphatic heterocycles. The number of nitriles is 1. The standard InChI is InChI=1S/C36H51NO2/c1-4-6-8-9-10-11-12-13-15-29-16-18-30(19-17-29)31-20-22-32(23-21-31)36(38)39-35-25-24-33(26-34(35)27-37)28(3)14-7-5-2/h20-26,28-30H,4-19H2,1-3H3. The Labute approximate surface area is 238 Å². The highest BCUT2D eigenvalue weighted by Gasteiger charge is 2.22. The second kappa shape index (κ2) is 17.2. The van der Waals surface area contributed by atoms with Crippen molar-refractivity contribution in [1.29, 1.82) is 5.26 Å². The summed E-state index contributed by atoms with van der Waals surface area (Å²) in [4.78, 5) is 12.9. The van der Waals surface area contributed by atoms with Gasteiger partial charge in [0.25, 0.3) is 0 Å². The lowest BCUT2D eigenvalue weighted by Gasteiger charge is -2.29. The molecule has 2 aromatic rings. The number of carbonyl (C=O) groups excluding carboxylic acids is 1. The first-order chi connectivity index (χ1) is 19.0. The summed E-state index contributed by atoms with van der Waals surface area (Å²) in [5, 5.41) is 9.65. The van der Waals surface area contributed by atoms with Crippen LogP contribution in [0.4, 0.5) is 0 Å². The Morgan fingerprint density at radius 2 is 1.51 bits per heavy atom. The van der Waals surface area contributed by atoms with Gasteiger partial charge in [-0.05, 0) is 85.3 Å². The SMILES string of the molecule is CCCCCCCCCCC1CCC(c2ccc(C(=O)Oc3ccc(C(C)CCCC)cc3C#N)cc2)CC1. The van der Waals surface area contributed by atoms with Crippen molar-refractivity contribution < 1.29 is 9.53 Å². The molecule has 1 atom stereocenters. The van der Waals surface area contributed by atoms with Gasteiger partial charge in [-0.25, -0.2) is 4.79 Å². The molecule has 3 heteroatoms. The number of rotatable bonds is 16. The average molecular weight is 530 g/mol. The Morgan fingerprint density at radius 3 is 2.15 bits per heavy atom. The van der Waals surface area contributed by atoms with E-state index in [4.69, 9.17) is 4.74 Å². The van der Waals surface area contributed by atoms with Gasteiger partial charge in [0.15, 0.2) is 0 Å². The molecular weight excluding hydrogens is 478 g/mol. The number of ether oxygens (including phenoxy) is 1.